The molecule has 0 spiro atoms. The molecule has 0 heterocycles. The lowest BCUT2D eigenvalue weighted by Crippen LogP contribution is -2.41. The van der Waals surface area contributed by atoms with E-state index in [1.54, 1.807) is 13.0 Å². The van der Waals surface area contributed by atoms with Crippen LogP contribution >= 0.6 is 0 Å². The van der Waals surface area contributed by atoms with Gasteiger partial charge in [0.15, 0.2) is 0 Å². The van der Waals surface area contributed by atoms with Crippen LogP contribution in [0, 0.1) is 18.2 Å². The number of halogens is 1. The highest BCUT2D eigenvalue weighted by molar-refractivity contribution is 5.90. The third-order valence-electron chi connectivity index (χ3n) is 2.90. The van der Waals surface area contributed by atoms with E-state index in [0.29, 0.717) is 5.69 Å². The van der Waals surface area contributed by atoms with Crippen molar-refractivity contribution in [3.63, 3.8) is 0 Å². The third-order valence-corrected chi connectivity index (χ3v) is 2.90. The number of carbonyl (C=O) groups excluding carboxylic acids is 1. The smallest absolute Gasteiger partial charge is 0.319 e. The summed E-state index contributed by atoms with van der Waals surface area (Å²) >= 11 is 0. The summed E-state index contributed by atoms with van der Waals surface area (Å²) in [6.07, 6.45) is -0.646. The third kappa shape index (κ3) is 4.87. The maximum atomic E-state index is 13.1. The molecule has 1 aromatic rings. The molecule has 1 unspecified atom stereocenters. The molecular formula is C14H21FN2O2. The second-order valence-corrected chi connectivity index (χ2v) is 5.68. The van der Waals surface area contributed by atoms with Gasteiger partial charge in [-0.1, -0.05) is 26.8 Å². The molecule has 0 fully saturated rings. The van der Waals surface area contributed by atoms with Crippen LogP contribution in [0.25, 0.3) is 0 Å². The Labute approximate surface area is 113 Å². The highest BCUT2D eigenvalue weighted by atomic mass is 19.1. The summed E-state index contributed by atoms with van der Waals surface area (Å²) < 4.78 is 13.1. The van der Waals surface area contributed by atoms with Crippen LogP contribution in [0.1, 0.15) is 26.3 Å². The lowest BCUT2D eigenvalue weighted by Gasteiger charge is -2.25. The number of rotatable bonds is 3. The number of carbonyl (C=O) groups is 1. The van der Waals surface area contributed by atoms with E-state index < -0.39 is 18.0 Å². The maximum Gasteiger partial charge on any atom is 0.319 e. The fourth-order valence-corrected chi connectivity index (χ4v) is 1.39. The van der Waals surface area contributed by atoms with Gasteiger partial charge >= 0.3 is 6.03 Å². The first-order valence-electron chi connectivity index (χ1n) is 6.19. The summed E-state index contributed by atoms with van der Waals surface area (Å²) in [6, 6.07) is 3.73. The van der Waals surface area contributed by atoms with E-state index in [9.17, 15) is 14.3 Å². The van der Waals surface area contributed by atoms with E-state index in [2.05, 4.69) is 10.6 Å². The van der Waals surface area contributed by atoms with Gasteiger partial charge in [-0.2, -0.15) is 0 Å². The summed E-state index contributed by atoms with van der Waals surface area (Å²) in [5, 5.41) is 14.9. The number of urea groups is 1. The van der Waals surface area contributed by atoms with Crippen LogP contribution < -0.4 is 10.6 Å². The van der Waals surface area contributed by atoms with Gasteiger partial charge in [0.25, 0.3) is 0 Å². The van der Waals surface area contributed by atoms with Crippen LogP contribution in [0.2, 0.25) is 0 Å². The molecule has 0 aliphatic heterocycles. The Bertz CT molecular complexity index is 455. The lowest BCUT2D eigenvalue weighted by molar-refractivity contribution is 0.0654. The Morgan fingerprint density at radius 3 is 2.63 bits per heavy atom. The van der Waals surface area contributed by atoms with Crippen LogP contribution in [0.5, 0.6) is 0 Å². The van der Waals surface area contributed by atoms with Gasteiger partial charge in [-0.3, -0.25) is 0 Å². The first-order valence-corrected chi connectivity index (χ1v) is 6.19. The lowest BCUT2D eigenvalue weighted by atomic mass is 9.89. The van der Waals surface area contributed by atoms with Gasteiger partial charge < -0.3 is 15.7 Å². The topological polar surface area (TPSA) is 61.4 Å². The van der Waals surface area contributed by atoms with Crippen molar-refractivity contribution < 1.29 is 14.3 Å². The van der Waals surface area contributed by atoms with E-state index in [-0.39, 0.29) is 12.0 Å². The fourth-order valence-electron chi connectivity index (χ4n) is 1.39. The number of benzene rings is 1. The minimum atomic E-state index is -0.646. The number of amides is 2. The molecule has 0 aliphatic carbocycles. The first kappa shape index (κ1) is 15.4. The van der Waals surface area contributed by atoms with Crippen molar-refractivity contribution in [1.82, 2.24) is 5.32 Å². The van der Waals surface area contributed by atoms with Crippen molar-refractivity contribution in [3.8, 4) is 0 Å². The minimum absolute atomic E-state index is 0.143. The van der Waals surface area contributed by atoms with Gasteiger partial charge in [-0.15, -0.1) is 0 Å². The van der Waals surface area contributed by atoms with E-state index in [0.717, 1.165) is 5.56 Å². The molecule has 19 heavy (non-hydrogen) atoms. The van der Waals surface area contributed by atoms with E-state index in [4.69, 9.17) is 0 Å². The fraction of sp³-hybridized carbons (Fsp3) is 0.500. The highest BCUT2D eigenvalue weighted by Crippen LogP contribution is 2.18. The van der Waals surface area contributed by atoms with Crippen LogP contribution in [0.3, 0.4) is 0 Å². The number of aliphatic hydroxyl groups excluding tert-OH is 1. The molecule has 5 heteroatoms. The van der Waals surface area contributed by atoms with Crippen molar-refractivity contribution in [1.29, 1.82) is 0 Å². The molecule has 0 bridgehead atoms. The SMILES string of the molecule is Cc1ccc(F)cc1NC(=O)NCC(O)C(C)(C)C. The van der Waals surface area contributed by atoms with E-state index >= 15 is 0 Å². The van der Waals surface area contributed by atoms with Gasteiger partial charge in [-0.05, 0) is 30.0 Å². The number of hydrogen-bond donors (Lipinski definition) is 3. The zero-order chi connectivity index (χ0) is 14.6. The predicted octanol–water partition coefficient (Wildman–Crippen LogP) is 2.66. The number of anilines is 1. The second kappa shape index (κ2) is 6.02. The molecule has 4 nitrogen and oxygen atoms in total. The Morgan fingerprint density at radius 2 is 2.05 bits per heavy atom. The molecular weight excluding hydrogens is 247 g/mol. The van der Waals surface area contributed by atoms with Crippen LogP contribution in [-0.2, 0) is 0 Å². The summed E-state index contributed by atoms with van der Waals surface area (Å²) in [4.78, 5) is 11.7. The molecule has 0 aromatic heterocycles. The molecule has 0 aliphatic rings. The summed E-state index contributed by atoms with van der Waals surface area (Å²) in [5.41, 5.74) is 0.887. The molecule has 3 N–H and O–H groups in total. The van der Waals surface area contributed by atoms with E-state index in [1.165, 1.54) is 12.1 Å². The molecule has 1 atom stereocenters. The predicted molar refractivity (Wildman–Crippen MR) is 73.6 cm³/mol. The van der Waals surface area contributed by atoms with Crippen molar-refractivity contribution >= 4 is 11.7 Å². The molecule has 0 saturated carbocycles. The van der Waals surface area contributed by atoms with E-state index in [1.807, 2.05) is 20.8 Å². The minimum Gasteiger partial charge on any atom is -0.391 e. The molecule has 1 rings (SSSR count). The van der Waals surface area contributed by atoms with Crippen LogP contribution in [0.15, 0.2) is 18.2 Å². The second-order valence-electron chi connectivity index (χ2n) is 5.68. The standard InChI is InChI=1S/C14H21FN2O2/c1-9-5-6-10(15)7-11(9)17-13(19)16-8-12(18)14(2,3)4/h5-7,12,18H,8H2,1-4H3,(H2,16,17,19). The molecule has 1 aromatic carbocycles. The average molecular weight is 268 g/mol. The average Bonchev–Trinajstić information content (AvgIpc) is 2.29. The van der Waals surface area contributed by atoms with Gasteiger partial charge in [0.1, 0.15) is 5.82 Å². The Hall–Kier alpha value is -1.62. The number of hydrogen-bond acceptors (Lipinski definition) is 2. The van der Waals surface area contributed by atoms with Gasteiger partial charge in [-0.25, -0.2) is 9.18 Å². The largest absolute Gasteiger partial charge is 0.391 e. The molecule has 2 amide bonds. The summed E-state index contributed by atoms with van der Waals surface area (Å²) in [5.74, 6) is -0.407. The van der Waals surface area contributed by atoms with Gasteiger partial charge in [0, 0.05) is 12.2 Å². The Kier molecular flexibility index (Phi) is 4.89. The summed E-state index contributed by atoms with van der Waals surface area (Å²) in [7, 11) is 0. The quantitative estimate of drug-likeness (QED) is 0.789. The van der Waals surface area contributed by atoms with Crippen molar-refractivity contribution in [3.05, 3.63) is 29.6 Å². The monoisotopic (exact) mass is 268 g/mol. The zero-order valence-corrected chi connectivity index (χ0v) is 11.7. The van der Waals surface area contributed by atoms with Crippen molar-refractivity contribution in [2.45, 2.75) is 33.8 Å². The number of aryl methyl sites for hydroxylation is 1. The normalized spacial score (nSPS) is 12.9. The van der Waals surface area contributed by atoms with Crippen molar-refractivity contribution in [2.75, 3.05) is 11.9 Å². The molecule has 0 saturated heterocycles. The molecule has 106 valence electrons. The summed E-state index contributed by atoms with van der Waals surface area (Å²) in [6.45, 7) is 7.57. The van der Waals surface area contributed by atoms with Crippen LogP contribution in [0.4, 0.5) is 14.9 Å². The Balaban J connectivity index is 2.54. The zero-order valence-electron chi connectivity index (χ0n) is 11.7. The highest BCUT2D eigenvalue weighted by Gasteiger charge is 2.22. The molecule has 0 radical (unpaired) electrons. The number of nitrogens with one attached hydrogen (secondary N) is 2. The van der Waals surface area contributed by atoms with Crippen LogP contribution in [-0.4, -0.2) is 23.8 Å². The first-order chi connectivity index (χ1) is 8.70. The van der Waals surface area contributed by atoms with Crippen molar-refractivity contribution in [2.24, 2.45) is 5.41 Å². The number of aliphatic hydroxyl groups is 1. The Morgan fingerprint density at radius 1 is 1.42 bits per heavy atom. The van der Waals surface area contributed by atoms with Gasteiger partial charge in [0.05, 0.1) is 6.10 Å². The van der Waals surface area contributed by atoms with Gasteiger partial charge in [0.2, 0.25) is 0 Å². The maximum absolute atomic E-state index is 13.1.